The Labute approximate surface area is 94.0 Å². The smallest absolute Gasteiger partial charge is 0.0623 e. The van der Waals surface area contributed by atoms with E-state index < -0.39 is 0 Å². The molecule has 2 atom stereocenters. The Bertz CT molecular complexity index is 182. The highest BCUT2D eigenvalue weighted by atomic mass is 16.5. The molecule has 15 heavy (non-hydrogen) atoms. The molecule has 1 heterocycles. The van der Waals surface area contributed by atoms with Gasteiger partial charge in [0.15, 0.2) is 0 Å². The van der Waals surface area contributed by atoms with Gasteiger partial charge in [-0.25, -0.2) is 0 Å². The van der Waals surface area contributed by atoms with Gasteiger partial charge in [-0.3, -0.25) is 0 Å². The van der Waals surface area contributed by atoms with E-state index in [0.29, 0.717) is 17.4 Å². The van der Waals surface area contributed by atoms with Crippen LogP contribution >= 0.6 is 0 Å². The molecule has 1 fully saturated rings. The molecule has 2 unspecified atom stereocenters. The van der Waals surface area contributed by atoms with Crippen LogP contribution in [0.4, 0.5) is 0 Å². The van der Waals surface area contributed by atoms with Gasteiger partial charge in [-0.1, -0.05) is 20.8 Å². The van der Waals surface area contributed by atoms with Crippen molar-refractivity contribution in [3.05, 3.63) is 0 Å². The lowest BCUT2D eigenvalue weighted by Gasteiger charge is -2.25. The average Bonchev–Trinajstić information content (AvgIpc) is 2.65. The standard InChI is InChI=1S/C12H26N2O/c1-5-12(2,3)9-14-6-10-7-15-8-11(10)13-4/h10-11,13-14H,5-9H2,1-4H3. The van der Waals surface area contributed by atoms with Crippen LogP contribution in [0.15, 0.2) is 0 Å². The van der Waals surface area contributed by atoms with E-state index in [9.17, 15) is 0 Å². The summed E-state index contributed by atoms with van der Waals surface area (Å²) in [5.74, 6) is 0.627. The van der Waals surface area contributed by atoms with Crippen molar-refractivity contribution in [3.63, 3.8) is 0 Å². The highest BCUT2D eigenvalue weighted by Gasteiger charge is 2.26. The second-order valence-electron chi connectivity index (χ2n) is 5.34. The van der Waals surface area contributed by atoms with Crippen LogP contribution in [-0.2, 0) is 4.74 Å². The zero-order valence-electron chi connectivity index (χ0n) is 10.6. The zero-order valence-corrected chi connectivity index (χ0v) is 10.6. The van der Waals surface area contributed by atoms with Crippen LogP contribution in [0.1, 0.15) is 27.2 Å². The van der Waals surface area contributed by atoms with Gasteiger partial charge in [0.05, 0.1) is 13.2 Å². The number of rotatable bonds is 6. The van der Waals surface area contributed by atoms with Gasteiger partial charge in [0, 0.05) is 25.0 Å². The topological polar surface area (TPSA) is 33.3 Å². The van der Waals surface area contributed by atoms with Gasteiger partial charge < -0.3 is 15.4 Å². The molecule has 3 heteroatoms. The van der Waals surface area contributed by atoms with E-state index in [1.54, 1.807) is 0 Å². The van der Waals surface area contributed by atoms with Gasteiger partial charge in [0.2, 0.25) is 0 Å². The summed E-state index contributed by atoms with van der Waals surface area (Å²) in [7, 11) is 2.02. The lowest BCUT2D eigenvalue weighted by Crippen LogP contribution is -2.40. The fourth-order valence-electron chi connectivity index (χ4n) is 1.84. The minimum atomic E-state index is 0.411. The van der Waals surface area contributed by atoms with Gasteiger partial charge in [-0.2, -0.15) is 0 Å². The van der Waals surface area contributed by atoms with Gasteiger partial charge in [-0.05, 0) is 18.9 Å². The first-order chi connectivity index (χ1) is 7.09. The van der Waals surface area contributed by atoms with Crippen LogP contribution < -0.4 is 10.6 Å². The molecule has 0 aromatic carbocycles. The van der Waals surface area contributed by atoms with E-state index in [1.807, 2.05) is 7.05 Å². The van der Waals surface area contributed by atoms with E-state index in [2.05, 4.69) is 31.4 Å². The van der Waals surface area contributed by atoms with E-state index in [0.717, 1.165) is 26.3 Å². The molecule has 1 rings (SSSR count). The van der Waals surface area contributed by atoms with Crippen molar-refractivity contribution in [3.8, 4) is 0 Å². The predicted molar refractivity (Wildman–Crippen MR) is 64.1 cm³/mol. The Kier molecular flexibility index (Phi) is 5.03. The summed E-state index contributed by atoms with van der Waals surface area (Å²) in [6.07, 6.45) is 1.22. The normalized spacial score (nSPS) is 27.2. The average molecular weight is 214 g/mol. The molecule has 0 bridgehead atoms. The summed E-state index contributed by atoms with van der Waals surface area (Å²) in [6, 6.07) is 0.530. The second kappa shape index (κ2) is 5.83. The lowest BCUT2D eigenvalue weighted by atomic mass is 9.90. The minimum absolute atomic E-state index is 0.411. The van der Waals surface area contributed by atoms with Crippen molar-refractivity contribution in [2.24, 2.45) is 11.3 Å². The van der Waals surface area contributed by atoms with Crippen LogP contribution in [0.2, 0.25) is 0 Å². The summed E-state index contributed by atoms with van der Waals surface area (Å²) < 4.78 is 5.47. The fraction of sp³-hybridized carbons (Fsp3) is 1.00. The monoisotopic (exact) mass is 214 g/mol. The van der Waals surface area contributed by atoms with Crippen molar-refractivity contribution in [2.75, 3.05) is 33.4 Å². The molecule has 90 valence electrons. The molecule has 1 aliphatic rings. The van der Waals surface area contributed by atoms with Gasteiger partial charge in [-0.15, -0.1) is 0 Å². The van der Waals surface area contributed by atoms with Gasteiger partial charge in [0.25, 0.3) is 0 Å². The maximum Gasteiger partial charge on any atom is 0.0623 e. The van der Waals surface area contributed by atoms with Crippen molar-refractivity contribution in [2.45, 2.75) is 33.2 Å². The van der Waals surface area contributed by atoms with Crippen LogP contribution in [0, 0.1) is 11.3 Å². The summed E-state index contributed by atoms with van der Waals surface area (Å²) in [4.78, 5) is 0. The molecule has 0 spiro atoms. The van der Waals surface area contributed by atoms with Crippen LogP contribution in [0.3, 0.4) is 0 Å². The maximum atomic E-state index is 5.47. The largest absolute Gasteiger partial charge is 0.379 e. The molecular formula is C12H26N2O. The summed E-state index contributed by atoms with van der Waals surface area (Å²) in [5, 5.41) is 6.87. The number of hydrogen-bond donors (Lipinski definition) is 2. The quantitative estimate of drug-likeness (QED) is 0.698. The van der Waals surface area contributed by atoms with Gasteiger partial charge >= 0.3 is 0 Å². The summed E-state index contributed by atoms with van der Waals surface area (Å²) in [5.41, 5.74) is 0.411. The highest BCUT2D eigenvalue weighted by molar-refractivity contribution is 4.82. The summed E-state index contributed by atoms with van der Waals surface area (Å²) >= 11 is 0. The van der Waals surface area contributed by atoms with Crippen LogP contribution in [0.25, 0.3) is 0 Å². The van der Waals surface area contributed by atoms with Crippen LogP contribution in [0.5, 0.6) is 0 Å². The highest BCUT2D eigenvalue weighted by Crippen LogP contribution is 2.18. The Morgan fingerprint density at radius 2 is 2.07 bits per heavy atom. The molecule has 0 aromatic heterocycles. The third-order valence-corrected chi connectivity index (χ3v) is 3.54. The number of ether oxygens (including phenoxy) is 1. The van der Waals surface area contributed by atoms with Crippen molar-refractivity contribution in [1.29, 1.82) is 0 Å². The second-order valence-corrected chi connectivity index (χ2v) is 5.34. The molecule has 0 aliphatic carbocycles. The van der Waals surface area contributed by atoms with E-state index in [-0.39, 0.29) is 0 Å². The molecular weight excluding hydrogens is 188 g/mol. The summed E-state index contributed by atoms with van der Waals surface area (Å²) in [6.45, 7) is 10.8. The van der Waals surface area contributed by atoms with Crippen LogP contribution in [-0.4, -0.2) is 39.4 Å². The number of nitrogens with one attached hydrogen (secondary N) is 2. The van der Waals surface area contributed by atoms with Crippen molar-refractivity contribution >= 4 is 0 Å². The lowest BCUT2D eigenvalue weighted by molar-refractivity contribution is 0.181. The first kappa shape index (κ1) is 12.9. The Balaban J connectivity index is 2.19. The third kappa shape index (κ3) is 4.09. The fourth-order valence-corrected chi connectivity index (χ4v) is 1.84. The zero-order chi connectivity index (χ0) is 11.3. The Morgan fingerprint density at radius 3 is 2.67 bits per heavy atom. The first-order valence-electron chi connectivity index (χ1n) is 6.05. The Hall–Kier alpha value is -0.120. The SMILES string of the molecule is CCC(C)(C)CNCC1COCC1NC. The number of hydrogen-bond acceptors (Lipinski definition) is 3. The van der Waals surface area contributed by atoms with Crippen molar-refractivity contribution < 1.29 is 4.74 Å². The van der Waals surface area contributed by atoms with Crippen molar-refractivity contribution in [1.82, 2.24) is 10.6 Å². The minimum Gasteiger partial charge on any atom is -0.379 e. The first-order valence-corrected chi connectivity index (χ1v) is 6.05. The molecule has 1 aliphatic heterocycles. The van der Waals surface area contributed by atoms with Gasteiger partial charge in [0.1, 0.15) is 0 Å². The molecule has 0 radical (unpaired) electrons. The maximum absolute atomic E-state index is 5.47. The molecule has 3 nitrogen and oxygen atoms in total. The number of likely N-dealkylation sites (N-methyl/N-ethyl adjacent to an activating group) is 1. The van der Waals surface area contributed by atoms with E-state index in [4.69, 9.17) is 4.74 Å². The predicted octanol–water partition coefficient (Wildman–Crippen LogP) is 1.25. The van der Waals surface area contributed by atoms with E-state index >= 15 is 0 Å². The molecule has 0 saturated carbocycles. The third-order valence-electron chi connectivity index (χ3n) is 3.54. The van der Waals surface area contributed by atoms with E-state index in [1.165, 1.54) is 6.42 Å². The molecule has 0 aromatic rings. The molecule has 2 N–H and O–H groups in total. The Morgan fingerprint density at radius 1 is 1.33 bits per heavy atom. The molecule has 1 saturated heterocycles. The molecule has 0 amide bonds.